The Morgan fingerprint density at radius 3 is 2.75 bits per heavy atom. The van der Waals surface area contributed by atoms with Crippen molar-refractivity contribution >= 4 is 33.5 Å². The van der Waals surface area contributed by atoms with Crippen LogP contribution in [-0.4, -0.2) is 31.8 Å². The number of oxazole rings is 1. The second-order valence-electron chi connectivity index (χ2n) is 6.78. The van der Waals surface area contributed by atoms with Crippen molar-refractivity contribution < 1.29 is 27.5 Å². The molecule has 2 aromatic heterocycles. The fraction of sp³-hybridized carbons (Fsp3) is 0.200. The van der Waals surface area contributed by atoms with Gasteiger partial charge >= 0.3 is 5.97 Å². The summed E-state index contributed by atoms with van der Waals surface area (Å²) in [6.45, 7) is -2.22. The average molecular weight is 453 g/mol. The Morgan fingerprint density at radius 2 is 2.00 bits per heavy atom. The quantitative estimate of drug-likeness (QED) is 0.196. The van der Waals surface area contributed by atoms with Crippen molar-refractivity contribution in [2.24, 2.45) is 0 Å². The van der Waals surface area contributed by atoms with E-state index in [4.69, 9.17) is 22.7 Å². The Morgan fingerprint density at radius 1 is 1.16 bits per heavy atom. The maximum absolute atomic E-state index is 11.9. The second kappa shape index (κ2) is 9.70. The standard InChI is InChI=1S/C25H23NO5S/c1-16-20(26-24(31-16)17-7-5-4-6-8-17)11-13-30-21-10-9-18(23-19(21)12-14-32-23)15-22(28-2)25(27)29-3/h4-10,12,14-15H,11,13H2,1-3H3/b22-15-/i1D3. The van der Waals surface area contributed by atoms with E-state index in [1.165, 1.54) is 25.6 Å². The van der Waals surface area contributed by atoms with Crippen LogP contribution in [0.4, 0.5) is 0 Å². The molecule has 0 N–H and O–H groups in total. The van der Waals surface area contributed by atoms with Crippen molar-refractivity contribution in [3.8, 4) is 17.2 Å². The molecule has 164 valence electrons. The van der Waals surface area contributed by atoms with E-state index in [2.05, 4.69) is 4.98 Å². The summed E-state index contributed by atoms with van der Waals surface area (Å²) in [6, 6.07) is 14.7. The molecule has 0 aliphatic rings. The fourth-order valence-corrected chi connectivity index (χ4v) is 4.12. The first-order chi connectivity index (χ1) is 16.8. The van der Waals surface area contributed by atoms with Gasteiger partial charge in [0.05, 0.1) is 26.5 Å². The number of hydrogen-bond acceptors (Lipinski definition) is 7. The monoisotopic (exact) mass is 452 g/mol. The lowest BCUT2D eigenvalue weighted by Crippen LogP contribution is -2.06. The van der Waals surface area contributed by atoms with Crippen molar-refractivity contribution in [2.75, 3.05) is 20.8 Å². The summed E-state index contributed by atoms with van der Waals surface area (Å²) in [6.07, 6.45) is 1.88. The first kappa shape index (κ1) is 18.0. The molecule has 2 heterocycles. The van der Waals surface area contributed by atoms with Crippen molar-refractivity contribution in [1.82, 2.24) is 4.98 Å². The third-order valence-corrected chi connectivity index (χ3v) is 5.78. The van der Waals surface area contributed by atoms with Crippen LogP contribution in [0.3, 0.4) is 0 Å². The topological polar surface area (TPSA) is 70.8 Å². The molecule has 4 aromatic rings. The number of aromatic nitrogens is 1. The van der Waals surface area contributed by atoms with Gasteiger partial charge in [-0.05, 0) is 54.2 Å². The number of ether oxygens (including phenoxy) is 3. The van der Waals surface area contributed by atoms with Crippen molar-refractivity contribution in [3.05, 3.63) is 76.7 Å². The molecule has 0 atom stereocenters. The summed E-state index contributed by atoms with van der Waals surface area (Å²) in [5, 5.41) is 2.79. The summed E-state index contributed by atoms with van der Waals surface area (Å²) >= 11 is 1.50. The first-order valence-electron chi connectivity index (χ1n) is 11.3. The third kappa shape index (κ3) is 4.53. The van der Waals surface area contributed by atoms with Gasteiger partial charge in [-0.15, -0.1) is 11.3 Å². The summed E-state index contributed by atoms with van der Waals surface area (Å²) < 4.78 is 45.9. The lowest BCUT2D eigenvalue weighted by atomic mass is 10.1. The highest BCUT2D eigenvalue weighted by Gasteiger charge is 2.14. The maximum Gasteiger partial charge on any atom is 0.373 e. The second-order valence-corrected chi connectivity index (χ2v) is 7.70. The Kier molecular flexibility index (Phi) is 5.47. The van der Waals surface area contributed by atoms with E-state index in [9.17, 15) is 4.79 Å². The molecule has 6 nitrogen and oxygen atoms in total. The lowest BCUT2D eigenvalue weighted by Gasteiger charge is -2.09. The van der Waals surface area contributed by atoms with Crippen molar-refractivity contribution in [1.29, 1.82) is 0 Å². The summed E-state index contributed by atoms with van der Waals surface area (Å²) in [4.78, 5) is 16.3. The van der Waals surface area contributed by atoms with Gasteiger partial charge in [0, 0.05) is 26.2 Å². The number of thiophene rings is 1. The molecule has 0 radical (unpaired) electrons. The average Bonchev–Trinajstić information content (AvgIpc) is 3.51. The number of rotatable bonds is 8. The minimum absolute atomic E-state index is 0.0910. The number of aryl methyl sites for hydroxylation is 1. The van der Waals surface area contributed by atoms with Gasteiger partial charge in [-0.3, -0.25) is 0 Å². The number of fused-ring (bicyclic) bond motifs is 1. The number of carbonyl (C=O) groups is 1. The summed E-state index contributed by atoms with van der Waals surface area (Å²) in [5.74, 6) is 0.301. The number of esters is 1. The van der Waals surface area contributed by atoms with Gasteiger partial charge in [0.15, 0.2) is 0 Å². The van der Waals surface area contributed by atoms with Crippen LogP contribution in [-0.2, 0) is 20.7 Å². The molecule has 0 bridgehead atoms. The van der Waals surface area contributed by atoms with Crippen LogP contribution in [0, 0.1) is 6.85 Å². The minimum atomic E-state index is -2.43. The molecule has 7 heteroatoms. The molecule has 0 unspecified atom stereocenters. The SMILES string of the molecule is [2H]C([2H])([2H])c1oc(-c2ccccc2)nc1CCOc1ccc(/C=C(\OC)C(=O)OC)c2sccc12. The highest BCUT2D eigenvalue weighted by Crippen LogP contribution is 2.34. The zero-order valence-electron chi connectivity index (χ0n) is 20.6. The minimum Gasteiger partial charge on any atom is -0.493 e. The van der Waals surface area contributed by atoms with Crippen LogP contribution in [0.25, 0.3) is 27.6 Å². The highest BCUT2D eigenvalue weighted by atomic mass is 32.1. The van der Waals surface area contributed by atoms with Gasteiger partial charge in [0.2, 0.25) is 11.6 Å². The van der Waals surface area contributed by atoms with Crippen LogP contribution in [0.1, 0.15) is 21.1 Å². The van der Waals surface area contributed by atoms with Gasteiger partial charge in [0.25, 0.3) is 0 Å². The molecule has 0 aliphatic heterocycles. The first-order valence-corrected chi connectivity index (χ1v) is 10.7. The molecule has 0 saturated carbocycles. The molecule has 0 saturated heterocycles. The third-order valence-electron chi connectivity index (χ3n) is 4.81. The Bertz CT molecular complexity index is 1360. The maximum atomic E-state index is 11.9. The molecule has 4 rings (SSSR count). The molecule has 0 fully saturated rings. The van der Waals surface area contributed by atoms with E-state index in [1.807, 2.05) is 47.8 Å². The van der Waals surface area contributed by atoms with Gasteiger partial charge in [-0.25, -0.2) is 9.78 Å². The number of nitrogens with zero attached hydrogens (tertiary/aromatic N) is 1. The van der Waals surface area contributed by atoms with E-state index < -0.39 is 12.8 Å². The number of carbonyl (C=O) groups excluding carboxylic acids is 1. The summed E-state index contributed by atoms with van der Waals surface area (Å²) in [5.41, 5.74) is 1.84. The van der Waals surface area contributed by atoms with Crippen molar-refractivity contribution in [2.45, 2.75) is 13.3 Å². The van der Waals surface area contributed by atoms with E-state index >= 15 is 0 Å². The van der Waals surface area contributed by atoms with Crippen molar-refractivity contribution in [3.63, 3.8) is 0 Å². The zero-order valence-corrected chi connectivity index (χ0v) is 18.4. The van der Waals surface area contributed by atoms with E-state index in [-0.39, 0.29) is 30.4 Å². The predicted octanol–water partition coefficient (Wildman–Crippen LogP) is 5.65. The molecule has 0 aliphatic carbocycles. The Hall–Kier alpha value is -3.58. The molecule has 32 heavy (non-hydrogen) atoms. The Labute approximate surface area is 194 Å². The zero-order chi connectivity index (χ0) is 25.0. The molecular formula is C25H23NO5S. The number of methoxy groups -OCH3 is 2. The smallest absolute Gasteiger partial charge is 0.373 e. The number of benzene rings is 2. The van der Waals surface area contributed by atoms with Crippen LogP contribution >= 0.6 is 11.3 Å². The molecule has 0 amide bonds. The van der Waals surface area contributed by atoms with Gasteiger partial charge in [-0.1, -0.05) is 18.2 Å². The molecule has 0 spiro atoms. The largest absolute Gasteiger partial charge is 0.493 e. The van der Waals surface area contributed by atoms with E-state index in [1.54, 1.807) is 12.1 Å². The van der Waals surface area contributed by atoms with Crippen LogP contribution < -0.4 is 4.74 Å². The normalized spacial score (nSPS) is 13.3. The van der Waals surface area contributed by atoms with Gasteiger partial charge in [0.1, 0.15) is 11.5 Å². The summed E-state index contributed by atoms with van der Waals surface area (Å²) in [7, 11) is 2.70. The lowest BCUT2D eigenvalue weighted by molar-refractivity contribution is -0.139. The van der Waals surface area contributed by atoms with E-state index in [0.29, 0.717) is 17.0 Å². The van der Waals surface area contributed by atoms with Crippen LogP contribution in [0.2, 0.25) is 0 Å². The predicted molar refractivity (Wildman–Crippen MR) is 125 cm³/mol. The van der Waals surface area contributed by atoms with Gasteiger partial charge in [-0.2, -0.15) is 0 Å². The van der Waals surface area contributed by atoms with E-state index in [0.717, 1.165) is 15.6 Å². The van der Waals surface area contributed by atoms with Gasteiger partial charge < -0.3 is 18.6 Å². The number of hydrogen-bond donors (Lipinski definition) is 0. The highest BCUT2D eigenvalue weighted by molar-refractivity contribution is 7.17. The fourth-order valence-electron chi connectivity index (χ4n) is 3.22. The van der Waals surface area contributed by atoms with Crippen LogP contribution in [0.15, 0.2) is 64.1 Å². The van der Waals surface area contributed by atoms with Crippen LogP contribution in [0.5, 0.6) is 5.75 Å². The molecule has 2 aromatic carbocycles. The Balaban J connectivity index is 1.55. The molecular weight excluding hydrogens is 426 g/mol.